The number of methoxy groups -OCH3 is 2. The molecule has 0 spiro atoms. The Bertz CT molecular complexity index is 1070. The van der Waals surface area contributed by atoms with Crippen LogP contribution in [-0.2, 0) is 6.42 Å². The highest BCUT2D eigenvalue weighted by atomic mass is 32.2. The number of benzene rings is 3. The highest BCUT2D eigenvalue weighted by Gasteiger charge is 2.31. The maximum Gasteiger partial charge on any atom is 0.161 e. The van der Waals surface area contributed by atoms with Gasteiger partial charge in [0.2, 0.25) is 0 Å². The van der Waals surface area contributed by atoms with Crippen molar-refractivity contribution in [1.29, 1.82) is 0 Å². The van der Waals surface area contributed by atoms with Crippen LogP contribution in [0.1, 0.15) is 21.9 Å². The first-order chi connectivity index (χ1) is 13.4. The summed E-state index contributed by atoms with van der Waals surface area (Å²) in [7, 11) is 3.23. The number of hydrogen-bond donors (Lipinski definition) is 1. The molecule has 0 aromatic heterocycles. The van der Waals surface area contributed by atoms with E-state index in [2.05, 4.69) is 6.07 Å². The Labute approximate surface area is 166 Å². The normalized spacial score (nSPS) is 18.8. The Balaban J connectivity index is 1.80. The molecule has 6 heteroatoms. The van der Waals surface area contributed by atoms with Crippen molar-refractivity contribution in [2.45, 2.75) is 29.5 Å². The van der Waals surface area contributed by atoms with Crippen molar-refractivity contribution >= 4 is 22.5 Å². The number of fused-ring (bicyclic) bond motifs is 3. The molecule has 4 rings (SSSR count). The minimum atomic E-state index is -0.838. The van der Waals surface area contributed by atoms with E-state index in [4.69, 9.17) is 15.2 Å². The molecule has 2 atom stereocenters. The van der Waals surface area contributed by atoms with E-state index in [1.165, 1.54) is 12.1 Å². The van der Waals surface area contributed by atoms with Crippen LogP contribution in [0, 0.1) is 18.6 Å². The first kappa shape index (κ1) is 19.0. The molecule has 3 aromatic carbocycles. The second kappa shape index (κ2) is 7.26. The molecular formula is C22H21F2NO2S. The minimum Gasteiger partial charge on any atom is -0.493 e. The van der Waals surface area contributed by atoms with E-state index in [1.807, 2.05) is 18.2 Å². The molecule has 3 nitrogen and oxygen atoms in total. The summed E-state index contributed by atoms with van der Waals surface area (Å²) in [4.78, 5) is 1.09. The van der Waals surface area contributed by atoms with E-state index in [0.717, 1.165) is 26.8 Å². The van der Waals surface area contributed by atoms with Crippen LogP contribution >= 0.6 is 11.8 Å². The summed E-state index contributed by atoms with van der Waals surface area (Å²) in [6.07, 6.45) is 0.637. The molecule has 0 saturated heterocycles. The molecule has 1 heterocycles. The maximum absolute atomic E-state index is 13.8. The zero-order valence-corrected chi connectivity index (χ0v) is 16.7. The summed E-state index contributed by atoms with van der Waals surface area (Å²) in [5.74, 6) is -0.323. The van der Waals surface area contributed by atoms with Gasteiger partial charge in [-0.3, -0.25) is 0 Å². The Morgan fingerprint density at radius 3 is 2.39 bits per heavy atom. The lowest BCUT2D eigenvalue weighted by Gasteiger charge is -2.32. The Hall–Kier alpha value is -2.31. The predicted molar refractivity (Wildman–Crippen MR) is 108 cm³/mol. The molecule has 2 N–H and O–H groups in total. The van der Waals surface area contributed by atoms with E-state index in [9.17, 15) is 8.78 Å². The predicted octanol–water partition coefficient (Wildman–Crippen LogP) is 5.16. The summed E-state index contributed by atoms with van der Waals surface area (Å²) in [6.45, 7) is 1.79. The van der Waals surface area contributed by atoms with Gasteiger partial charge in [0.05, 0.1) is 19.5 Å². The molecule has 0 saturated carbocycles. The van der Waals surface area contributed by atoms with Crippen LogP contribution in [0.5, 0.6) is 11.5 Å². The van der Waals surface area contributed by atoms with Crippen molar-refractivity contribution in [3.8, 4) is 11.5 Å². The Morgan fingerprint density at radius 2 is 1.68 bits per heavy atom. The molecule has 0 bridgehead atoms. The molecule has 0 unspecified atom stereocenters. The van der Waals surface area contributed by atoms with Crippen molar-refractivity contribution in [1.82, 2.24) is 0 Å². The molecule has 0 amide bonds. The fourth-order valence-corrected chi connectivity index (χ4v) is 5.25. The number of nitrogens with two attached hydrogens (primary N) is 1. The van der Waals surface area contributed by atoms with Gasteiger partial charge in [-0.15, -0.1) is 11.8 Å². The molecule has 146 valence electrons. The third-order valence-electron chi connectivity index (χ3n) is 5.29. The molecule has 1 aliphatic heterocycles. The zero-order chi connectivity index (χ0) is 20.0. The number of aryl methyl sites for hydroxylation is 1. The van der Waals surface area contributed by atoms with Crippen LogP contribution in [0.2, 0.25) is 0 Å². The standard InChI is InChI=1S/C22H21F2NO2S/c1-11-6-16(23)17(24)8-13(11)22-18(25)9-15-14-10-20(27-3)19(26-2)7-12(14)4-5-21(15)28-22/h4-8,10,18,22H,9,25H2,1-3H3/t18-,22+/m0/s1. The summed E-state index contributed by atoms with van der Waals surface area (Å²) < 4.78 is 38.2. The van der Waals surface area contributed by atoms with Gasteiger partial charge in [-0.25, -0.2) is 8.78 Å². The molecule has 0 aliphatic carbocycles. The van der Waals surface area contributed by atoms with Crippen molar-refractivity contribution < 1.29 is 18.3 Å². The Morgan fingerprint density at radius 1 is 1.00 bits per heavy atom. The lowest BCUT2D eigenvalue weighted by atomic mass is 9.92. The third-order valence-corrected chi connectivity index (χ3v) is 6.78. The number of rotatable bonds is 3. The largest absolute Gasteiger partial charge is 0.493 e. The summed E-state index contributed by atoms with van der Waals surface area (Å²) in [5, 5.41) is 1.98. The van der Waals surface area contributed by atoms with Crippen LogP contribution in [0.15, 0.2) is 41.3 Å². The number of hydrogen-bond acceptors (Lipinski definition) is 4. The van der Waals surface area contributed by atoms with Gasteiger partial charge in [0.15, 0.2) is 23.1 Å². The summed E-state index contributed by atoms with van der Waals surface area (Å²) in [6, 6.07) is 10.3. The van der Waals surface area contributed by atoms with Gasteiger partial charge in [-0.2, -0.15) is 0 Å². The first-order valence-corrected chi connectivity index (χ1v) is 9.86. The van der Waals surface area contributed by atoms with Gasteiger partial charge in [0.1, 0.15) is 0 Å². The van der Waals surface area contributed by atoms with Crippen LogP contribution < -0.4 is 15.2 Å². The highest BCUT2D eigenvalue weighted by Crippen LogP contribution is 2.48. The zero-order valence-electron chi connectivity index (χ0n) is 15.9. The van der Waals surface area contributed by atoms with Gasteiger partial charge < -0.3 is 15.2 Å². The fourth-order valence-electron chi connectivity index (χ4n) is 3.84. The van der Waals surface area contributed by atoms with Gasteiger partial charge in [-0.05, 0) is 71.1 Å². The third kappa shape index (κ3) is 3.10. The Kier molecular flexibility index (Phi) is 4.93. The van der Waals surface area contributed by atoms with E-state index in [1.54, 1.807) is 32.9 Å². The van der Waals surface area contributed by atoms with Crippen molar-refractivity contribution in [3.05, 3.63) is 64.7 Å². The molecule has 0 radical (unpaired) electrons. The van der Waals surface area contributed by atoms with Gasteiger partial charge in [-0.1, -0.05) is 6.07 Å². The second-order valence-electron chi connectivity index (χ2n) is 7.00. The number of halogens is 2. The molecule has 1 aliphatic rings. The van der Waals surface area contributed by atoms with E-state index in [-0.39, 0.29) is 11.3 Å². The molecular weight excluding hydrogens is 380 g/mol. The van der Waals surface area contributed by atoms with Crippen molar-refractivity contribution in [3.63, 3.8) is 0 Å². The lowest BCUT2D eigenvalue weighted by Crippen LogP contribution is -2.32. The number of ether oxygens (including phenoxy) is 2. The van der Waals surface area contributed by atoms with Gasteiger partial charge >= 0.3 is 0 Å². The minimum absolute atomic E-state index is 0.139. The summed E-state index contributed by atoms with van der Waals surface area (Å²) >= 11 is 1.60. The van der Waals surface area contributed by atoms with Crippen LogP contribution in [-0.4, -0.2) is 20.3 Å². The lowest BCUT2D eigenvalue weighted by molar-refractivity contribution is 0.356. The average Bonchev–Trinajstić information content (AvgIpc) is 2.69. The quantitative estimate of drug-likeness (QED) is 0.658. The molecule has 0 fully saturated rings. The smallest absolute Gasteiger partial charge is 0.161 e. The number of thioether (sulfide) groups is 1. The van der Waals surface area contributed by atoms with Crippen LogP contribution in [0.3, 0.4) is 0 Å². The monoisotopic (exact) mass is 401 g/mol. The van der Waals surface area contributed by atoms with E-state index < -0.39 is 11.6 Å². The molecule has 28 heavy (non-hydrogen) atoms. The van der Waals surface area contributed by atoms with E-state index in [0.29, 0.717) is 23.5 Å². The van der Waals surface area contributed by atoms with Crippen molar-refractivity contribution in [2.24, 2.45) is 5.73 Å². The van der Waals surface area contributed by atoms with Gasteiger partial charge in [0, 0.05) is 10.9 Å². The maximum atomic E-state index is 13.8. The average molecular weight is 401 g/mol. The topological polar surface area (TPSA) is 44.5 Å². The fraction of sp³-hybridized carbons (Fsp3) is 0.273. The van der Waals surface area contributed by atoms with Crippen LogP contribution in [0.25, 0.3) is 10.8 Å². The van der Waals surface area contributed by atoms with Gasteiger partial charge in [0.25, 0.3) is 0 Å². The van der Waals surface area contributed by atoms with Crippen molar-refractivity contribution in [2.75, 3.05) is 14.2 Å². The van der Waals surface area contributed by atoms with E-state index >= 15 is 0 Å². The highest BCUT2D eigenvalue weighted by molar-refractivity contribution is 7.99. The van der Waals surface area contributed by atoms with Crippen LogP contribution in [0.4, 0.5) is 8.78 Å². The SMILES string of the molecule is COc1cc2ccc3c(c2cc1OC)C[C@H](N)[C@@H](c1cc(F)c(F)cc1C)S3. The summed E-state index contributed by atoms with van der Waals surface area (Å²) in [5.41, 5.74) is 9.11. The molecule has 3 aromatic rings. The first-order valence-electron chi connectivity index (χ1n) is 8.98. The second-order valence-corrected chi connectivity index (χ2v) is 8.18.